The third-order valence-electron chi connectivity index (χ3n) is 7.74. The largest absolute Gasteiger partial charge is 0.462 e. The fourth-order valence-corrected chi connectivity index (χ4v) is 6.77. The molecule has 0 aliphatic carbocycles. The van der Waals surface area contributed by atoms with E-state index >= 15 is 0 Å². The van der Waals surface area contributed by atoms with E-state index in [1.165, 1.54) is 17.8 Å². The van der Waals surface area contributed by atoms with Crippen LogP contribution in [0, 0.1) is 18.4 Å². The Morgan fingerprint density at radius 3 is 2.59 bits per heavy atom. The molecule has 3 N–H and O–H groups in total. The summed E-state index contributed by atoms with van der Waals surface area (Å²) < 4.78 is 59.0. The Labute approximate surface area is 285 Å². The number of nitrogen functional groups attached to an aromatic ring is 1. The molecule has 1 saturated heterocycles. The molecule has 1 aromatic carbocycles. The van der Waals surface area contributed by atoms with E-state index in [2.05, 4.69) is 32.9 Å². The van der Waals surface area contributed by atoms with Crippen LogP contribution in [0.3, 0.4) is 0 Å². The summed E-state index contributed by atoms with van der Waals surface area (Å²) in [6.45, 7) is 6.31. The fourth-order valence-electron chi connectivity index (χ4n) is 5.25. The van der Waals surface area contributed by atoms with E-state index in [9.17, 15) is 18.5 Å². The van der Waals surface area contributed by atoms with Crippen LogP contribution in [0.25, 0.3) is 11.2 Å². The molecule has 0 spiro atoms. The lowest BCUT2D eigenvalue weighted by Crippen LogP contribution is -2.45. The number of esters is 2. The molecule has 0 unspecified atom stereocenters. The standard InChI is InChI=1S/C33H44FN6O8P/c1-6-8-9-10-11-15-18-27(41)46-25-19-26(40-21-36-28-29(35)37-32(34)38-30(28)40)47-33(25,7-2)20-44-49(43,48-24-16-13-12-14-17-24)39-23(5)31(42)45-22(3)4/h2,12-14,16-17,21-23,25-26H,6,8-11,15,18-20H2,1,3-5H3,(H,39,43)(H2,35,37,38)/t23-,25-,26+,33+,49-/m0/s1. The van der Waals surface area contributed by atoms with Crippen LogP contribution in [0.5, 0.6) is 5.75 Å². The van der Waals surface area contributed by atoms with Crippen LogP contribution >= 0.6 is 7.75 Å². The Balaban J connectivity index is 1.61. The Hall–Kier alpha value is -4.09. The number of carbonyl (C=O) groups excluding carboxylic acids is 2. The lowest BCUT2D eigenvalue weighted by Gasteiger charge is -2.31. The fraction of sp³-hybridized carbons (Fsp3) is 0.545. The maximum Gasteiger partial charge on any atom is 0.459 e. The molecule has 16 heteroatoms. The lowest BCUT2D eigenvalue weighted by atomic mass is 9.98. The van der Waals surface area contributed by atoms with Gasteiger partial charge in [-0.05, 0) is 39.3 Å². The van der Waals surface area contributed by atoms with Gasteiger partial charge in [-0.25, -0.2) is 9.55 Å². The number of aromatic nitrogens is 4. The SMILES string of the molecule is C#C[C@]1(CO[P@@](=O)(N[C@@H](C)C(=O)OC(C)C)Oc2ccccc2)O[C@@H](n2cnc3c(N)nc(F)nc32)C[C@@H]1OC(=O)CCCCCCCC. The molecular weight excluding hydrogens is 658 g/mol. The first-order valence-corrected chi connectivity index (χ1v) is 17.9. The predicted molar refractivity (Wildman–Crippen MR) is 178 cm³/mol. The molecular formula is C33H44FN6O8P. The quantitative estimate of drug-likeness (QED) is 0.0548. The smallest absolute Gasteiger partial charge is 0.459 e. The second-order valence-corrected chi connectivity index (χ2v) is 13.7. The third kappa shape index (κ3) is 9.98. The molecule has 49 heavy (non-hydrogen) atoms. The van der Waals surface area contributed by atoms with Crippen molar-refractivity contribution in [2.24, 2.45) is 0 Å². The molecule has 0 amide bonds. The molecule has 14 nitrogen and oxygen atoms in total. The summed E-state index contributed by atoms with van der Waals surface area (Å²) >= 11 is 0. The van der Waals surface area contributed by atoms with Gasteiger partial charge in [0.1, 0.15) is 30.7 Å². The summed E-state index contributed by atoms with van der Waals surface area (Å²) in [7, 11) is -4.40. The molecule has 5 atom stereocenters. The summed E-state index contributed by atoms with van der Waals surface area (Å²) in [6.07, 6.45) is 9.69. The maximum absolute atomic E-state index is 14.3. The van der Waals surface area contributed by atoms with Crippen molar-refractivity contribution in [2.75, 3.05) is 12.3 Å². The maximum atomic E-state index is 14.3. The number of para-hydroxylation sites is 1. The van der Waals surface area contributed by atoms with Gasteiger partial charge in [0.25, 0.3) is 0 Å². The van der Waals surface area contributed by atoms with Gasteiger partial charge in [0.2, 0.25) is 0 Å². The van der Waals surface area contributed by atoms with Crippen molar-refractivity contribution >= 4 is 36.7 Å². The van der Waals surface area contributed by atoms with Crippen molar-refractivity contribution in [1.29, 1.82) is 0 Å². The minimum absolute atomic E-state index is 0.0261. The third-order valence-corrected chi connectivity index (χ3v) is 9.36. The number of nitrogens with one attached hydrogen (secondary N) is 1. The molecule has 1 fully saturated rings. The van der Waals surface area contributed by atoms with Gasteiger partial charge in [-0.15, -0.1) is 6.42 Å². The number of hydrogen-bond donors (Lipinski definition) is 2. The minimum atomic E-state index is -4.40. The van der Waals surface area contributed by atoms with E-state index < -0.39 is 62.4 Å². The van der Waals surface area contributed by atoms with Crippen LogP contribution in [0.2, 0.25) is 0 Å². The number of ether oxygens (including phenoxy) is 3. The predicted octanol–water partition coefficient (Wildman–Crippen LogP) is 5.63. The molecule has 266 valence electrons. The highest BCUT2D eigenvalue weighted by Gasteiger charge is 2.53. The van der Waals surface area contributed by atoms with Crippen molar-refractivity contribution < 1.29 is 41.8 Å². The van der Waals surface area contributed by atoms with E-state index in [-0.39, 0.29) is 35.6 Å². The van der Waals surface area contributed by atoms with Gasteiger partial charge in [-0.3, -0.25) is 18.7 Å². The van der Waals surface area contributed by atoms with Crippen molar-refractivity contribution in [2.45, 2.75) is 109 Å². The van der Waals surface area contributed by atoms with E-state index in [1.807, 2.05) is 0 Å². The number of benzene rings is 1. The zero-order valence-corrected chi connectivity index (χ0v) is 29.1. The van der Waals surface area contributed by atoms with Crippen LogP contribution in [0.15, 0.2) is 36.7 Å². The van der Waals surface area contributed by atoms with Gasteiger partial charge < -0.3 is 24.5 Å². The second-order valence-electron chi connectivity index (χ2n) is 12.1. The van der Waals surface area contributed by atoms with Crippen molar-refractivity contribution in [3.8, 4) is 18.1 Å². The number of hydrogen-bond acceptors (Lipinski definition) is 12. The van der Waals surface area contributed by atoms with Crippen molar-refractivity contribution in [1.82, 2.24) is 24.6 Å². The monoisotopic (exact) mass is 702 g/mol. The van der Waals surface area contributed by atoms with E-state index in [4.69, 9.17) is 35.4 Å². The summed E-state index contributed by atoms with van der Waals surface area (Å²) in [5.74, 6) is 1.33. The summed E-state index contributed by atoms with van der Waals surface area (Å²) in [5.41, 5.74) is 4.19. The van der Waals surface area contributed by atoms with Crippen molar-refractivity contribution in [3.05, 3.63) is 42.7 Å². The molecule has 4 rings (SSSR count). The van der Waals surface area contributed by atoms with Gasteiger partial charge in [-0.1, -0.05) is 63.1 Å². The first-order valence-electron chi connectivity index (χ1n) is 16.4. The number of rotatable bonds is 18. The number of imidazole rings is 1. The lowest BCUT2D eigenvalue weighted by molar-refractivity contribution is -0.158. The first-order chi connectivity index (χ1) is 23.4. The normalized spacial score (nSPS) is 20.8. The van der Waals surface area contributed by atoms with Gasteiger partial charge >= 0.3 is 25.8 Å². The Morgan fingerprint density at radius 2 is 1.90 bits per heavy atom. The van der Waals surface area contributed by atoms with Crippen LogP contribution in [0.1, 0.15) is 85.3 Å². The number of nitrogens with zero attached hydrogens (tertiary/aromatic N) is 4. The topological polar surface area (TPSA) is 179 Å². The summed E-state index contributed by atoms with van der Waals surface area (Å²) in [6, 6.07) is 7.05. The molecule has 0 saturated carbocycles. The van der Waals surface area contributed by atoms with E-state index in [0.29, 0.717) is 6.42 Å². The molecule has 0 radical (unpaired) electrons. The zero-order chi connectivity index (χ0) is 35.6. The molecule has 2 aromatic heterocycles. The van der Waals surface area contributed by atoms with Gasteiger partial charge in [-0.2, -0.15) is 19.4 Å². The summed E-state index contributed by atoms with van der Waals surface area (Å²) in [5, 5.41) is 2.61. The molecule has 3 aromatic rings. The van der Waals surface area contributed by atoms with Crippen LogP contribution < -0.4 is 15.3 Å². The summed E-state index contributed by atoms with van der Waals surface area (Å²) in [4.78, 5) is 37.3. The highest BCUT2D eigenvalue weighted by atomic mass is 31.2. The number of nitrogens with two attached hydrogens (primary N) is 1. The molecule has 3 heterocycles. The van der Waals surface area contributed by atoms with Gasteiger partial charge in [0.15, 0.2) is 22.6 Å². The number of halogens is 1. The average Bonchev–Trinajstić information content (AvgIpc) is 3.63. The highest BCUT2D eigenvalue weighted by molar-refractivity contribution is 7.52. The zero-order valence-electron chi connectivity index (χ0n) is 28.2. The average molecular weight is 703 g/mol. The van der Waals surface area contributed by atoms with Crippen molar-refractivity contribution in [3.63, 3.8) is 0 Å². The Kier molecular flexibility index (Phi) is 13.1. The highest BCUT2D eigenvalue weighted by Crippen LogP contribution is 2.48. The Bertz CT molecular complexity index is 1670. The van der Waals surface area contributed by atoms with Crippen LogP contribution in [0.4, 0.5) is 10.2 Å². The molecule has 0 bridgehead atoms. The van der Waals surface area contributed by atoms with E-state index in [1.54, 1.807) is 44.2 Å². The Morgan fingerprint density at radius 1 is 1.18 bits per heavy atom. The number of anilines is 1. The molecule has 1 aliphatic rings. The van der Waals surface area contributed by atoms with Gasteiger partial charge in [0, 0.05) is 12.8 Å². The second kappa shape index (κ2) is 17.0. The van der Waals surface area contributed by atoms with Crippen LogP contribution in [-0.2, 0) is 32.9 Å². The number of carbonyl (C=O) groups is 2. The molecule has 1 aliphatic heterocycles. The minimum Gasteiger partial charge on any atom is -0.462 e. The number of unbranched alkanes of at least 4 members (excludes halogenated alkanes) is 5. The number of fused-ring (bicyclic) bond motifs is 1. The first kappa shape index (κ1) is 37.7. The van der Waals surface area contributed by atoms with E-state index in [0.717, 1.165) is 32.1 Å². The van der Waals surface area contributed by atoms with Gasteiger partial charge in [0.05, 0.1) is 12.4 Å². The number of terminal acetylenes is 1. The van der Waals surface area contributed by atoms with Crippen LogP contribution in [-0.4, -0.2) is 61.9 Å².